The van der Waals surface area contributed by atoms with Crippen LogP contribution in [0.25, 0.3) is 11.6 Å². The van der Waals surface area contributed by atoms with E-state index in [9.17, 15) is 0 Å². The molecule has 0 aliphatic carbocycles. The third-order valence-electron chi connectivity index (χ3n) is 2.44. The Morgan fingerprint density at radius 2 is 1.75 bits per heavy atom. The van der Waals surface area contributed by atoms with Gasteiger partial charge in [-0.3, -0.25) is 0 Å². The quantitative estimate of drug-likeness (QED) is 0.622. The van der Waals surface area contributed by atoms with E-state index in [-0.39, 0.29) is 0 Å². The second-order valence-electron chi connectivity index (χ2n) is 3.94. The van der Waals surface area contributed by atoms with Crippen LogP contribution in [0.4, 0.5) is 0 Å². The average molecular weight is 210 g/mol. The van der Waals surface area contributed by atoms with Crippen molar-refractivity contribution in [2.45, 2.75) is 13.8 Å². The third-order valence-corrected chi connectivity index (χ3v) is 2.44. The van der Waals surface area contributed by atoms with Gasteiger partial charge in [-0.25, -0.2) is 0 Å². The van der Waals surface area contributed by atoms with Crippen LogP contribution < -0.4 is 0 Å². The van der Waals surface area contributed by atoms with Gasteiger partial charge in [-0.15, -0.1) is 0 Å². The zero-order chi connectivity index (χ0) is 12.1. The first-order valence-corrected chi connectivity index (χ1v) is 5.31. The molecule has 0 atom stereocenters. The normalized spacial score (nSPS) is 11.0. The van der Waals surface area contributed by atoms with Crippen LogP contribution >= 0.6 is 0 Å². The number of hydrogen-bond acceptors (Lipinski definition) is 0. The van der Waals surface area contributed by atoms with Crippen LogP contribution in [-0.4, -0.2) is 0 Å². The molecule has 1 rings (SSSR count). The Labute approximate surface area is 98.3 Å². The summed E-state index contributed by atoms with van der Waals surface area (Å²) in [6.07, 6.45) is 3.90. The highest BCUT2D eigenvalue weighted by molar-refractivity contribution is 5.82. The summed E-state index contributed by atoms with van der Waals surface area (Å²) in [7, 11) is 0. The van der Waals surface area contributed by atoms with Gasteiger partial charge in [0.2, 0.25) is 0 Å². The maximum atomic E-state index is 4.13. The van der Waals surface area contributed by atoms with Gasteiger partial charge in [-0.05, 0) is 36.1 Å². The largest absolute Gasteiger partial charge is 0.0984 e. The first kappa shape index (κ1) is 12.3. The molecule has 0 radical (unpaired) electrons. The van der Waals surface area contributed by atoms with E-state index in [1.54, 1.807) is 0 Å². The van der Waals surface area contributed by atoms with E-state index in [1.807, 2.05) is 37.3 Å². The molecule has 1 aromatic carbocycles. The first-order valence-electron chi connectivity index (χ1n) is 5.31. The predicted octanol–water partition coefficient (Wildman–Crippen LogP) is 4.87. The smallest absolute Gasteiger partial charge is 0.0115 e. The van der Waals surface area contributed by atoms with Crippen molar-refractivity contribution >= 4 is 11.6 Å². The molecule has 0 saturated heterocycles. The summed E-state index contributed by atoms with van der Waals surface area (Å²) < 4.78 is 0. The molecule has 82 valence electrons. The summed E-state index contributed by atoms with van der Waals surface area (Å²) in [6.45, 7) is 15.9. The number of rotatable bonds is 4. The molecule has 0 heteroatoms. The number of allylic oxidation sites excluding steroid dienone is 4. The van der Waals surface area contributed by atoms with Crippen LogP contribution in [0.5, 0.6) is 0 Å². The molecule has 0 aliphatic heterocycles. The molecule has 0 saturated carbocycles. The van der Waals surface area contributed by atoms with Crippen LogP contribution in [0.3, 0.4) is 0 Å². The average Bonchev–Trinajstić information content (AvgIpc) is 2.27. The van der Waals surface area contributed by atoms with Gasteiger partial charge in [0.05, 0.1) is 0 Å². The highest BCUT2D eigenvalue weighted by Crippen LogP contribution is 2.25. The Balaban J connectivity index is 3.14. The molecule has 0 bridgehead atoms. The van der Waals surface area contributed by atoms with Gasteiger partial charge in [-0.1, -0.05) is 61.7 Å². The first-order chi connectivity index (χ1) is 7.56. The monoisotopic (exact) mass is 210 g/mol. The summed E-state index contributed by atoms with van der Waals surface area (Å²) in [6, 6.07) is 8.13. The van der Waals surface area contributed by atoms with Gasteiger partial charge >= 0.3 is 0 Å². The van der Waals surface area contributed by atoms with Crippen LogP contribution in [0.1, 0.15) is 25.0 Å². The van der Waals surface area contributed by atoms with E-state index in [0.717, 1.165) is 27.8 Å². The lowest BCUT2D eigenvalue weighted by Crippen LogP contribution is -1.89. The van der Waals surface area contributed by atoms with Crippen molar-refractivity contribution in [3.63, 3.8) is 0 Å². The lowest BCUT2D eigenvalue weighted by atomic mass is 9.95. The van der Waals surface area contributed by atoms with E-state index in [0.29, 0.717) is 0 Å². The van der Waals surface area contributed by atoms with Gasteiger partial charge < -0.3 is 0 Å². The number of benzene rings is 1. The summed E-state index contributed by atoms with van der Waals surface area (Å²) >= 11 is 0. The zero-order valence-electron chi connectivity index (χ0n) is 10.1. The van der Waals surface area contributed by atoms with Crippen LogP contribution in [-0.2, 0) is 0 Å². The molecule has 0 heterocycles. The molecule has 0 aliphatic rings. The maximum absolute atomic E-state index is 4.13. The maximum Gasteiger partial charge on any atom is -0.0115 e. The van der Waals surface area contributed by atoms with Crippen molar-refractivity contribution in [1.82, 2.24) is 0 Å². The zero-order valence-corrected chi connectivity index (χ0v) is 10.1. The molecule has 0 fully saturated rings. The molecule has 0 aromatic heterocycles. The molecule has 0 unspecified atom stereocenters. The molecule has 1 aromatic rings. The molecule has 0 N–H and O–H groups in total. The van der Waals surface area contributed by atoms with E-state index < -0.39 is 0 Å². The Kier molecular flexibility index (Phi) is 4.07. The minimum absolute atomic E-state index is 1.03. The topological polar surface area (TPSA) is 0 Å². The fourth-order valence-electron chi connectivity index (χ4n) is 1.62. The van der Waals surface area contributed by atoms with E-state index in [2.05, 4.69) is 32.7 Å². The van der Waals surface area contributed by atoms with Gasteiger partial charge in [0, 0.05) is 0 Å². The fourth-order valence-corrected chi connectivity index (χ4v) is 1.62. The van der Waals surface area contributed by atoms with E-state index in [4.69, 9.17) is 0 Å². The Hall–Kier alpha value is -1.82. The summed E-state index contributed by atoms with van der Waals surface area (Å²) in [5.74, 6) is 0. The van der Waals surface area contributed by atoms with Gasteiger partial charge in [0.15, 0.2) is 0 Å². The second-order valence-corrected chi connectivity index (χ2v) is 3.94. The SMILES string of the molecule is C=Cc1ccccc1C(=C)/C(C)=C/C(=C)C. The Bertz CT molecular complexity index is 459. The minimum atomic E-state index is 1.03. The van der Waals surface area contributed by atoms with Crippen LogP contribution in [0.15, 0.2) is 61.2 Å². The summed E-state index contributed by atoms with van der Waals surface area (Å²) in [4.78, 5) is 0. The molecular formula is C16H18. The van der Waals surface area contributed by atoms with Gasteiger partial charge in [0.25, 0.3) is 0 Å². The minimum Gasteiger partial charge on any atom is -0.0984 e. The lowest BCUT2D eigenvalue weighted by Gasteiger charge is -2.10. The van der Waals surface area contributed by atoms with Crippen molar-refractivity contribution in [3.8, 4) is 0 Å². The number of hydrogen-bond donors (Lipinski definition) is 0. The Morgan fingerprint density at radius 3 is 2.31 bits per heavy atom. The molecule has 0 amide bonds. The standard InChI is InChI=1S/C16H18/c1-6-15-9-7-8-10-16(15)14(5)13(4)11-12(2)3/h6-11H,1-2,5H2,3-4H3/b13-11+. The lowest BCUT2D eigenvalue weighted by molar-refractivity contribution is 1.44. The van der Waals surface area contributed by atoms with Crippen LogP contribution in [0.2, 0.25) is 0 Å². The van der Waals surface area contributed by atoms with E-state index >= 15 is 0 Å². The van der Waals surface area contributed by atoms with Crippen molar-refractivity contribution < 1.29 is 0 Å². The van der Waals surface area contributed by atoms with Crippen LogP contribution in [0, 0.1) is 0 Å². The highest BCUT2D eigenvalue weighted by Gasteiger charge is 2.04. The third kappa shape index (κ3) is 2.83. The molecule has 0 nitrogen and oxygen atoms in total. The predicted molar refractivity (Wildman–Crippen MR) is 74.1 cm³/mol. The van der Waals surface area contributed by atoms with Crippen molar-refractivity contribution in [2.24, 2.45) is 0 Å². The molecular weight excluding hydrogens is 192 g/mol. The van der Waals surface area contributed by atoms with Crippen molar-refractivity contribution in [1.29, 1.82) is 0 Å². The second kappa shape index (κ2) is 5.32. The summed E-state index contributed by atoms with van der Waals surface area (Å²) in [5, 5.41) is 0. The molecule has 16 heavy (non-hydrogen) atoms. The summed E-state index contributed by atoms with van der Waals surface area (Å²) in [5.41, 5.74) is 5.45. The van der Waals surface area contributed by atoms with E-state index in [1.165, 1.54) is 0 Å². The van der Waals surface area contributed by atoms with Gasteiger partial charge in [0.1, 0.15) is 0 Å². The Morgan fingerprint density at radius 1 is 1.12 bits per heavy atom. The van der Waals surface area contributed by atoms with Crippen molar-refractivity contribution in [3.05, 3.63) is 72.4 Å². The van der Waals surface area contributed by atoms with Crippen molar-refractivity contribution in [2.75, 3.05) is 0 Å². The highest BCUT2D eigenvalue weighted by atomic mass is 14.1. The fraction of sp³-hybridized carbons (Fsp3) is 0.125. The molecule has 0 spiro atoms. The van der Waals surface area contributed by atoms with Gasteiger partial charge in [-0.2, -0.15) is 0 Å².